The molecule has 0 amide bonds. The third-order valence-electron chi connectivity index (χ3n) is 7.37. The molecule has 2 saturated heterocycles. The summed E-state index contributed by atoms with van der Waals surface area (Å²) >= 11 is 0.910. The fourth-order valence-electron chi connectivity index (χ4n) is 5.49. The fourth-order valence-corrected chi connectivity index (χ4v) is 6.63. The third kappa shape index (κ3) is 12.1. The minimum atomic E-state index is -1.82. The second-order valence-corrected chi connectivity index (χ2v) is 12.9. The van der Waals surface area contributed by atoms with Crippen molar-refractivity contribution in [2.45, 2.75) is 114 Å². The number of benzene rings is 1. The molecule has 2 heterocycles. The van der Waals surface area contributed by atoms with Gasteiger partial charge < -0.3 is 47.4 Å². The number of rotatable bonds is 13. The highest BCUT2D eigenvalue weighted by atomic mass is 32.2. The number of nitrogens with zero attached hydrogens (tertiary/aromatic N) is 2. The minimum Gasteiger partial charge on any atom is -0.463 e. The maximum Gasteiger partial charge on any atom is 0.303 e. The normalized spacial score (nSPS) is 27.4. The number of thioether (sulfide) groups is 1. The zero-order valence-corrected chi connectivity index (χ0v) is 31.0. The van der Waals surface area contributed by atoms with E-state index < -0.39 is 116 Å². The molecule has 2 fully saturated rings. The lowest BCUT2D eigenvalue weighted by Crippen LogP contribution is -2.66. The Morgan fingerprint density at radius 3 is 1.50 bits per heavy atom. The van der Waals surface area contributed by atoms with Crippen LogP contribution >= 0.6 is 11.8 Å². The number of nitriles is 2. The second-order valence-electron chi connectivity index (χ2n) is 11.7. The Bertz CT molecular complexity index is 1690. The Balaban J connectivity index is 2.19. The van der Waals surface area contributed by atoms with Crippen molar-refractivity contribution in [2.24, 2.45) is 0 Å². The van der Waals surface area contributed by atoms with Crippen LogP contribution in [0.5, 0.6) is 0 Å². The number of carbonyl (C=O) groups is 7. The zero-order valence-electron chi connectivity index (χ0n) is 30.2. The fraction of sp³-hybridized carbons (Fsp3) is 0.559. The Labute approximate surface area is 313 Å². The molecule has 2 aliphatic rings. The van der Waals surface area contributed by atoms with Crippen LogP contribution in [0.15, 0.2) is 23.1 Å². The van der Waals surface area contributed by atoms with Gasteiger partial charge in [0.25, 0.3) is 0 Å². The van der Waals surface area contributed by atoms with Crippen LogP contribution in [0.4, 0.5) is 0 Å². The van der Waals surface area contributed by atoms with Gasteiger partial charge >= 0.3 is 41.8 Å². The van der Waals surface area contributed by atoms with Crippen LogP contribution in [0.3, 0.4) is 0 Å². The molecule has 1 aromatic rings. The van der Waals surface area contributed by atoms with Crippen molar-refractivity contribution >= 4 is 53.5 Å². The molecule has 0 saturated carbocycles. The van der Waals surface area contributed by atoms with Gasteiger partial charge in [0.15, 0.2) is 36.8 Å². The lowest BCUT2D eigenvalue weighted by atomic mass is 9.96. The van der Waals surface area contributed by atoms with Gasteiger partial charge in [0.05, 0.1) is 11.1 Å². The van der Waals surface area contributed by atoms with Crippen LogP contribution in [0.25, 0.3) is 0 Å². The molecule has 3 rings (SSSR count). The molecule has 1 aromatic carbocycles. The highest BCUT2D eigenvalue weighted by Crippen LogP contribution is 2.40. The van der Waals surface area contributed by atoms with Crippen molar-refractivity contribution in [3.63, 3.8) is 0 Å². The maximum absolute atomic E-state index is 12.6. The van der Waals surface area contributed by atoms with Gasteiger partial charge in [-0.25, -0.2) is 0 Å². The topological polar surface area (TPSA) is 259 Å². The highest BCUT2D eigenvalue weighted by molar-refractivity contribution is 7.99. The Kier molecular flexibility index (Phi) is 15.7. The van der Waals surface area contributed by atoms with E-state index in [2.05, 4.69) is 0 Å². The van der Waals surface area contributed by atoms with Crippen molar-refractivity contribution in [1.82, 2.24) is 0 Å². The van der Waals surface area contributed by atoms with E-state index in [0.29, 0.717) is 4.90 Å². The van der Waals surface area contributed by atoms with Crippen LogP contribution < -0.4 is 0 Å². The molecular formula is C34H38N2O17S. The Morgan fingerprint density at radius 1 is 0.574 bits per heavy atom. The summed E-state index contributed by atoms with van der Waals surface area (Å²) in [7, 11) is 0. The quantitative estimate of drug-likeness (QED) is 0.201. The first-order valence-corrected chi connectivity index (χ1v) is 17.0. The van der Waals surface area contributed by atoms with Crippen molar-refractivity contribution in [2.75, 3.05) is 13.2 Å². The van der Waals surface area contributed by atoms with E-state index in [-0.39, 0.29) is 11.1 Å². The van der Waals surface area contributed by atoms with E-state index in [0.717, 1.165) is 60.2 Å². The molecular weight excluding hydrogens is 740 g/mol. The van der Waals surface area contributed by atoms with Crippen LogP contribution in [0.2, 0.25) is 0 Å². The SMILES string of the molecule is CC(=O)OC[C@H]1O[C@@H](Sc2ccc(C#N)c(C#N)c2)[C@H](OC(C)=O)[C@@H](OC(C)=O)[C@@H]1O[C@@H]1O[C@H](COC(C)=O)[C@@H](OC(C)=O)[C@H](OC(C)=O)[C@H]1OC(C)=O. The molecule has 292 valence electrons. The van der Waals surface area contributed by atoms with E-state index in [1.807, 2.05) is 12.1 Å². The van der Waals surface area contributed by atoms with Crippen LogP contribution in [0, 0.1) is 22.7 Å². The van der Waals surface area contributed by atoms with E-state index >= 15 is 0 Å². The summed E-state index contributed by atoms with van der Waals surface area (Å²) in [5.74, 6) is -5.99. The number of hydrogen-bond acceptors (Lipinski definition) is 20. The van der Waals surface area contributed by atoms with Crippen molar-refractivity contribution in [3.8, 4) is 12.1 Å². The molecule has 0 radical (unpaired) electrons. The molecule has 19 nitrogen and oxygen atoms in total. The highest BCUT2D eigenvalue weighted by Gasteiger charge is 2.57. The molecule has 10 atom stereocenters. The lowest BCUT2D eigenvalue weighted by molar-refractivity contribution is -0.341. The molecule has 0 spiro atoms. The van der Waals surface area contributed by atoms with Gasteiger partial charge in [-0.05, 0) is 18.2 Å². The van der Waals surface area contributed by atoms with E-state index in [9.17, 15) is 44.1 Å². The monoisotopic (exact) mass is 778 g/mol. The van der Waals surface area contributed by atoms with Crippen LogP contribution in [0.1, 0.15) is 59.6 Å². The van der Waals surface area contributed by atoms with Gasteiger partial charge in [0.2, 0.25) is 0 Å². The van der Waals surface area contributed by atoms with Crippen molar-refractivity contribution in [3.05, 3.63) is 29.3 Å². The summed E-state index contributed by atoms with van der Waals surface area (Å²) in [6.07, 6.45) is -14.2. The molecule has 0 bridgehead atoms. The summed E-state index contributed by atoms with van der Waals surface area (Å²) in [6.45, 7) is 6.25. The number of esters is 7. The molecule has 0 unspecified atom stereocenters. The number of ether oxygens (including phenoxy) is 10. The Hall–Kier alpha value is -5.28. The Morgan fingerprint density at radius 2 is 1.02 bits per heavy atom. The van der Waals surface area contributed by atoms with Gasteiger partial charge in [-0.3, -0.25) is 33.6 Å². The summed E-state index contributed by atoms with van der Waals surface area (Å²) in [5.41, 5.74) is -1.14. The molecule has 0 N–H and O–H groups in total. The zero-order chi connectivity index (χ0) is 40.3. The lowest BCUT2D eigenvalue weighted by Gasteiger charge is -2.48. The standard InChI is InChI=1S/C34H38N2O17S/c1-15(37)44-13-25-27(46-17(3)39)29(47-18(4)40)31(49-20(6)42)33(51-25)53-28-26(14-45-16(2)38)52-34(32(50-21(7)43)30(28)48-19(5)41)54-24-9-8-22(11-35)23(10-24)12-36/h8-10,25-34H,13-14H2,1-7H3/t25-,26-,27-,28-,29+,30+,31-,32-,33+,34+/m1/s1. The molecule has 0 aliphatic carbocycles. The number of hydrogen-bond donors (Lipinski definition) is 0. The van der Waals surface area contributed by atoms with Crippen molar-refractivity contribution < 1.29 is 80.9 Å². The predicted octanol–water partition coefficient (Wildman–Crippen LogP) is 1.14. The summed E-state index contributed by atoms with van der Waals surface area (Å²) in [4.78, 5) is 86.3. The molecule has 0 aromatic heterocycles. The van der Waals surface area contributed by atoms with Gasteiger partial charge in [-0.15, -0.1) is 0 Å². The van der Waals surface area contributed by atoms with Crippen LogP contribution in [-0.2, 0) is 80.9 Å². The van der Waals surface area contributed by atoms with Gasteiger partial charge in [-0.2, -0.15) is 10.5 Å². The third-order valence-corrected chi connectivity index (χ3v) is 8.51. The van der Waals surface area contributed by atoms with E-state index in [4.69, 9.17) is 47.4 Å². The average Bonchev–Trinajstić information content (AvgIpc) is 3.06. The first-order chi connectivity index (χ1) is 25.4. The van der Waals surface area contributed by atoms with Gasteiger partial charge in [-0.1, -0.05) is 11.8 Å². The van der Waals surface area contributed by atoms with Crippen molar-refractivity contribution in [1.29, 1.82) is 10.5 Å². The van der Waals surface area contributed by atoms with E-state index in [1.165, 1.54) is 18.2 Å². The molecule has 20 heteroatoms. The van der Waals surface area contributed by atoms with Gasteiger partial charge in [0.1, 0.15) is 49.1 Å². The molecule has 2 aliphatic heterocycles. The summed E-state index contributed by atoms with van der Waals surface area (Å²) < 4.78 is 56.7. The summed E-state index contributed by atoms with van der Waals surface area (Å²) in [5, 5.41) is 18.9. The van der Waals surface area contributed by atoms with Gasteiger partial charge in [0, 0.05) is 53.4 Å². The van der Waals surface area contributed by atoms with Crippen LogP contribution in [-0.4, -0.2) is 116 Å². The maximum atomic E-state index is 12.6. The summed E-state index contributed by atoms with van der Waals surface area (Å²) in [6, 6.07) is 8.10. The smallest absolute Gasteiger partial charge is 0.303 e. The first kappa shape index (κ1) is 43.1. The average molecular weight is 779 g/mol. The second kappa shape index (κ2) is 19.7. The molecule has 54 heavy (non-hydrogen) atoms. The number of carbonyl (C=O) groups excluding carboxylic acids is 7. The minimum absolute atomic E-state index is 0.0280. The first-order valence-electron chi connectivity index (χ1n) is 16.1. The largest absolute Gasteiger partial charge is 0.463 e. The van der Waals surface area contributed by atoms with E-state index in [1.54, 1.807) is 0 Å². The predicted molar refractivity (Wildman–Crippen MR) is 175 cm³/mol.